The van der Waals surface area contributed by atoms with Crippen molar-refractivity contribution < 1.29 is 42.4 Å². The SMILES string of the molecule is O=C(O)C(O)C(O)c1ccc(OC(F)(F)F)cc1F. The summed E-state index contributed by atoms with van der Waals surface area (Å²) in [5, 5.41) is 26.7. The van der Waals surface area contributed by atoms with Gasteiger partial charge in [-0.2, -0.15) is 0 Å². The Balaban J connectivity index is 2.97. The highest BCUT2D eigenvalue weighted by molar-refractivity contribution is 5.73. The van der Waals surface area contributed by atoms with E-state index in [1.165, 1.54) is 0 Å². The first-order valence-electron chi connectivity index (χ1n) is 4.76. The first kappa shape index (κ1) is 15.2. The van der Waals surface area contributed by atoms with Crippen LogP contribution in [-0.4, -0.2) is 33.8 Å². The van der Waals surface area contributed by atoms with Crippen molar-refractivity contribution in [3.8, 4) is 5.75 Å². The van der Waals surface area contributed by atoms with Crippen molar-refractivity contribution in [3.63, 3.8) is 0 Å². The van der Waals surface area contributed by atoms with E-state index in [4.69, 9.17) is 10.2 Å². The van der Waals surface area contributed by atoms with E-state index in [0.717, 1.165) is 0 Å². The molecule has 0 amide bonds. The minimum absolute atomic E-state index is 0.320. The minimum Gasteiger partial charge on any atom is -0.479 e. The molecule has 0 aliphatic carbocycles. The molecule has 5 nitrogen and oxygen atoms in total. The molecule has 0 spiro atoms. The van der Waals surface area contributed by atoms with Crippen LogP contribution >= 0.6 is 0 Å². The molecule has 9 heteroatoms. The zero-order chi connectivity index (χ0) is 14.8. The van der Waals surface area contributed by atoms with Gasteiger partial charge in [-0.25, -0.2) is 9.18 Å². The monoisotopic (exact) mass is 284 g/mol. The summed E-state index contributed by atoms with van der Waals surface area (Å²) in [7, 11) is 0. The van der Waals surface area contributed by atoms with E-state index in [1.54, 1.807) is 0 Å². The predicted molar refractivity (Wildman–Crippen MR) is 51.7 cm³/mol. The van der Waals surface area contributed by atoms with E-state index in [1.807, 2.05) is 0 Å². The van der Waals surface area contributed by atoms with E-state index < -0.39 is 41.7 Å². The Labute approximate surface area is 103 Å². The number of benzene rings is 1. The summed E-state index contributed by atoms with van der Waals surface area (Å²) in [4.78, 5) is 10.4. The molecule has 19 heavy (non-hydrogen) atoms. The quantitative estimate of drug-likeness (QED) is 0.723. The van der Waals surface area contributed by atoms with Gasteiger partial charge in [0.1, 0.15) is 17.7 Å². The maximum absolute atomic E-state index is 13.4. The van der Waals surface area contributed by atoms with E-state index in [-0.39, 0.29) is 0 Å². The van der Waals surface area contributed by atoms with Gasteiger partial charge in [-0.3, -0.25) is 0 Å². The number of carboxylic acid groups (broad SMARTS) is 1. The van der Waals surface area contributed by atoms with Crippen LogP contribution in [0.25, 0.3) is 0 Å². The maximum atomic E-state index is 13.4. The largest absolute Gasteiger partial charge is 0.573 e. The van der Waals surface area contributed by atoms with Crippen LogP contribution in [0.2, 0.25) is 0 Å². The van der Waals surface area contributed by atoms with Gasteiger partial charge >= 0.3 is 12.3 Å². The topological polar surface area (TPSA) is 87.0 Å². The Morgan fingerprint density at radius 2 is 1.84 bits per heavy atom. The molecule has 0 aliphatic heterocycles. The van der Waals surface area contributed by atoms with Crippen LogP contribution in [0.4, 0.5) is 17.6 Å². The second kappa shape index (κ2) is 5.41. The molecule has 0 aromatic heterocycles. The van der Waals surface area contributed by atoms with Crippen LogP contribution < -0.4 is 4.74 Å². The summed E-state index contributed by atoms with van der Waals surface area (Å²) >= 11 is 0. The third-order valence-corrected chi connectivity index (χ3v) is 2.08. The number of hydrogen-bond acceptors (Lipinski definition) is 4. The lowest BCUT2D eigenvalue weighted by molar-refractivity contribution is -0.274. The first-order valence-corrected chi connectivity index (χ1v) is 4.76. The van der Waals surface area contributed by atoms with Crippen molar-refractivity contribution in [1.82, 2.24) is 0 Å². The van der Waals surface area contributed by atoms with Gasteiger partial charge in [0, 0.05) is 11.6 Å². The molecule has 0 radical (unpaired) electrons. The summed E-state index contributed by atoms with van der Waals surface area (Å²) < 4.78 is 52.4. The Morgan fingerprint density at radius 1 is 1.26 bits per heavy atom. The predicted octanol–water partition coefficient (Wildman–Crippen LogP) is 1.20. The molecule has 0 saturated heterocycles. The number of halogens is 4. The molecule has 0 heterocycles. The molecule has 0 fully saturated rings. The minimum atomic E-state index is -5.01. The molecule has 106 valence electrons. The van der Waals surface area contributed by atoms with Gasteiger partial charge in [0.05, 0.1) is 0 Å². The van der Waals surface area contributed by atoms with Crippen LogP contribution in [0.1, 0.15) is 11.7 Å². The van der Waals surface area contributed by atoms with E-state index in [0.29, 0.717) is 18.2 Å². The molecular weight excluding hydrogens is 276 g/mol. The van der Waals surface area contributed by atoms with Crippen LogP contribution in [0.15, 0.2) is 18.2 Å². The normalized spacial score (nSPS) is 14.8. The fourth-order valence-electron chi connectivity index (χ4n) is 1.25. The number of aliphatic carboxylic acids is 1. The fraction of sp³-hybridized carbons (Fsp3) is 0.300. The Morgan fingerprint density at radius 3 is 2.26 bits per heavy atom. The van der Waals surface area contributed by atoms with E-state index in [2.05, 4.69) is 4.74 Å². The van der Waals surface area contributed by atoms with Crippen molar-refractivity contribution >= 4 is 5.97 Å². The number of rotatable bonds is 4. The average Bonchev–Trinajstić information content (AvgIpc) is 2.25. The number of aliphatic hydroxyl groups excluding tert-OH is 2. The smallest absolute Gasteiger partial charge is 0.479 e. The zero-order valence-electron chi connectivity index (χ0n) is 9.06. The maximum Gasteiger partial charge on any atom is 0.573 e. The second-order valence-electron chi connectivity index (χ2n) is 3.46. The lowest BCUT2D eigenvalue weighted by Crippen LogP contribution is -2.28. The molecule has 1 rings (SSSR count). The molecule has 3 N–H and O–H groups in total. The van der Waals surface area contributed by atoms with Crippen LogP contribution in [0, 0.1) is 5.82 Å². The highest BCUT2D eigenvalue weighted by atomic mass is 19.4. The zero-order valence-corrected chi connectivity index (χ0v) is 9.06. The van der Waals surface area contributed by atoms with Gasteiger partial charge in [0.15, 0.2) is 6.10 Å². The Kier molecular flexibility index (Phi) is 4.32. The number of carbonyl (C=O) groups is 1. The van der Waals surface area contributed by atoms with Gasteiger partial charge < -0.3 is 20.1 Å². The lowest BCUT2D eigenvalue weighted by atomic mass is 10.0. The molecule has 1 aromatic carbocycles. The summed E-state index contributed by atoms with van der Waals surface area (Å²) in [6, 6.07) is 1.69. The van der Waals surface area contributed by atoms with Crippen molar-refractivity contribution in [2.45, 2.75) is 18.6 Å². The number of carboxylic acids is 1. The van der Waals surface area contributed by atoms with Crippen molar-refractivity contribution in [2.75, 3.05) is 0 Å². The van der Waals surface area contributed by atoms with Crippen LogP contribution in [0.3, 0.4) is 0 Å². The van der Waals surface area contributed by atoms with Gasteiger partial charge in [0.2, 0.25) is 0 Å². The van der Waals surface area contributed by atoms with Crippen molar-refractivity contribution in [2.24, 2.45) is 0 Å². The summed E-state index contributed by atoms with van der Waals surface area (Å²) in [5.41, 5.74) is -0.663. The summed E-state index contributed by atoms with van der Waals surface area (Å²) in [6.07, 6.45) is -9.42. The highest BCUT2D eigenvalue weighted by Crippen LogP contribution is 2.27. The Bertz CT molecular complexity index is 473. The second-order valence-corrected chi connectivity index (χ2v) is 3.46. The van der Waals surface area contributed by atoms with Crippen molar-refractivity contribution in [3.05, 3.63) is 29.6 Å². The summed E-state index contributed by atoms with van der Waals surface area (Å²) in [6.45, 7) is 0. The molecule has 2 unspecified atom stereocenters. The third-order valence-electron chi connectivity index (χ3n) is 2.08. The lowest BCUT2D eigenvalue weighted by Gasteiger charge is -2.16. The van der Waals surface area contributed by atoms with Crippen LogP contribution in [0.5, 0.6) is 5.75 Å². The molecule has 0 bridgehead atoms. The fourth-order valence-corrected chi connectivity index (χ4v) is 1.25. The van der Waals surface area contributed by atoms with Gasteiger partial charge in [-0.15, -0.1) is 13.2 Å². The van der Waals surface area contributed by atoms with E-state index >= 15 is 0 Å². The van der Waals surface area contributed by atoms with Gasteiger partial charge in [-0.05, 0) is 12.1 Å². The summed E-state index contributed by atoms with van der Waals surface area (Å²) in [5.74, 6) is -4.01. The molecule has 0 aliphatic rings. The Hall–Kier alpha value is -1.87. The average molecular weight is 284 g/mol. The van der Waals surface area contributed by atoms with E-state index in [9.17, 15) is 27.5 Å². The standard InChI is InChI=1S/C10H8F4O5/c11-6-3-4(19-10(12,13)14)1-2-5(6)7(15)8(16)9(17)18/h1-3,7-8,15-16H,(H,17,18). The molecule has 1 aromatic rings. The van der Waals surface area contributed by atoms with Gasteiger partial charge in [0.25, 0.3) is 0 Å². The van der Waals surface area contributed by atoms with Crippen LogP contribution in [-0.2, 0) is 4.79 Å². The first-order chi connectivity index (χ1) is 8.61. The number of hydrogen-bond donors (Lipinski definition) is 3. The molecule has 0 saturated carbocycles. The molecular formula is C10H8F4O5. The van der Waals surface area contributed by atoms with Gasteiger partial charge in [-0.1, -0.05) is 0 Å². The number of alkyl halides is 3. The van der Waals surface area contributed by atoms with Crippen molar-refractivity contribution in [1.29, 1.82) is 0 Å². The number of ether oxygens (including phenoxy) is 1. The highest BCUT2D eigenvalue weighted by Gasteiger charge is 2.32. The molecule has 2 atom stereocenters. The third kappa shape index (κ3) is 4.07. The number of aliphatic hydroxyl groups is 2.